The van der Waals surface area contributed by atoms with E-state index in [1.807, 2.05) is 0 Å². The van der Waals surface area contributed by atoms with Gasteiger partial charge in [0.2, 0.25) is 5.91 Å². The van der Waals surface area contributed by atoms with E-state index in [4.69, 9.17) is 4.74 Å². The van der Waals surface area contributed by atoms with Crippen molar-refractivity contribution in [3.63, 3.8) is 0 Å². The number of rotatable bonds is 2. The van der Waals surface area contributed by atoms with E-state index < -0.39 is 25.8 Å². The van der Waals surface area contributed by atoms with Crippen LogP contribution < -0.4 is 4.74 Å². The van der Waals surface area contributed by atoms with Crippen molar-refractivity contribution in [3.8, 4) is 5.75 Å². The number of hydrogen-bond acceptors (Lipinski definition) is 4. The molecule has 25 heavy (non-hydrogen) atoms. The lowest BCUT2D eigenvalue weighted by Crippen LogP contribution is -2.34. The molecule has 5 nitrogen and oxygen atoms in total. The third kappa shape index (κ3) is 3.01. The van der Waals surface area contributed by atoms with Gasteiger partial charge >= 0.3 is 5.51 Å². The summed E-state index contributed by atoms with van der Waals surface area (Å²) in [6.07, 6.45) is 2.60. The van der Waals surface area contributed by atoms with Crippen LogP contribution in [0.25, 0.3) is 5.70 Å². The molecule has 0 N–H and O–H groups in total. The van der Waals surface area contributed by atoms with E-state index in [0.717, 1.165) is 12.1 Å². The molecule has 1 saturated heterocycles. The summed E-state index contributed by atoms with van der Waals surface area (Å²) < 4.78 is 67.6. The highest BCUT2D eigenvalue weighted by Crippen LogP contribution is 2.41. The van der Waals surface area contributed by atoms with E-state index in [-0.39, 0.29) is 17.2 Å². The first-order valence-corrected chi connectivity index (χ1v) is 9.09. The van der Waals surface area contributed by atoms with Crippen molar-refractivity contribution >= 4 is 21.4 Å². The first-order valence-electron chi connectivity index (χ1n) is 7.60. The molecule has 0 radical (unpaired) electrons. The molecule has 3 rings (SSSR count). The van der Waals surface area contributed by atoms with E-state index in [9.17, 15) is 26.4 Å². The van der Waals surface area contributed by atoms with Crippen molar-refractivity contribution in [2.75, 3.05) is 6.54 Å². The number of nitrogens with zero attached hydrogens (tertiary/aromatic N) is 1. The minimum atomic E-state index is -5.49. The fourth-order valence-corrected chi connectivity index (χ4v) is 3.73. The number of carbonyl (C=O) groups excluding carboxylic acids is 1. The molecule has 0 unspecified atom stereocenters. The highest BCUT2D eigenvalue weighted by Gasteiger charge is 2.47. The largest absolute Gasteiger partial charge is 0.501 e. The van der Waals surface area contributed by atoms with Crippen LogP contribution in [0.5, 0.6) is 5.75 Å². The molecule has 0 aliphatic carbocycles. The molecule has 0 bridgehead atoms. The lowest BCUT2D eigenvalue weighted by molar-refractivity contribution is -0.124. The van der Waals surface area contributed by atoms with Crippen molar-refractivity contribution in [1.29, 1.82) is 0 Å². The number of hydrogen-bond donors (Lipinski definition) is 0. The van der Waals surface area contributed by atoms with Gasteiger partial charge in [-0.15, -0.1) is 0 Å². The zero-order valence-electron chi connectivity index (χ0n) is 13.6. The Hall–Kier alpha value is -2.03. The number of likely N-dealkylation sites (tertiary alicyclic amines) is 1. The maximum Gasteiger partial charge on any atom is 0.501 e. The van der Waals surface area contributed by atoms with Crippen molar-refractivity contribution in [2.45, 2.75) is 42.7 Å². The van der Waals surface area contributed by atoms with Crippen LogP contribution in [-0.2, 0) is 14.6 Å². The van der Waals surface area contributed by atoms with Gasteiger partial charge in [-0.2, -0.15) is 13.2 Å². The Balaban J connectivity index is 2.16. The van der Waals surface area contributed by atoms with Gasteiger partial charge in [0, 0.05) is 18.5 Å². The summed E-state index contributed by atoms with van der Waals surface area (Å²) >= 11 is 0. The molecule has 2 aliphatic heterocycles. The van der Waals surface area contributed by atoms with E-state index in [1.165, 1.54) is 11.0 Å². The molecular formula is C16H16F3NO4S. The van der Waals surface area contributed by atoms with Gasteiger partial charge in [0.25, 0.3) is 9.84 Å². The molecule has 1 amide bonds. The monoisotopic (exact) mass is 375 g/mol. The number of benzene rings is 1. The van der Waals surface area contributed by atoms with Crippen molar-refractivity contribution < 1.29 is 31.1 Å². The topological polar surface area (TPSA) is 63.7 Å². The number of alkyl halides is 3. The molecule has 0 saturated carbocycles. The highest BCUT2D eigenvalue weighted by atomic mass is 32.2. The minimum absolute atomic E-state index is 0.154. The SMILES string of the molecule is CC1(C)C=C(N2CCCC2=O)c2cc(S(=O)(=O)C(F)(F)F)ccc2O1. The fraction of sp³-hybridized carbons (Fsp3) is 0.438. The van der Waals surface area contributed by atoms with Crippen LogP contribution in [0.1, 0.15) is 32.3 Å². The summed E-state index contributed by atoms with van der Waals surface area (Å²) in [6.45, 7) is 3.92. The van der Waals surface area contributed by atoms with Gasteiger partial charge in [-0.05, 0) is 44.5 Å². The van der Waals surface area contributed by atoms with Crippen LogP contribution in [0.15, 0.2) is 29.2 Å². The molecule has 1 fully saturated rings. The number of halogens is 3. The number of amides is 1. The zero-order valence-corrected chi connectivity index (χ0v) is 14.4. The Morgan fingerprint density at radius 3 is 2.48 bits per heavy atom. The maximum atomic E-state index is 12.8. The van der Waals surface area contributed by atoms with Crippen LogP contribution in [0.4, 0.5) is 13.2 Å². The van der Waals surface area contributed by atoms with Gasteiger partial charge in [0.15, 0.2) is 0 Å². The molecule has 2 aliphatic rings. The molecule has 0 spiro atoms. The van der Waals surface area contributed by atoms with E-state index in [0.29, 0.717) is 25.1 Å². The lowest BCUT2D eigenvalue weighted by Gasteiger charge is -2.34. The molecule has 0 aromatic heterocycles. The number of ether oxygens (including phenoxy) is 1. The second-order valence-electron chi connectivity index (χ2n) is 6.49. The highest BCUT2D eigenvalue weighted by molar-refractivity contribution is 7.92. The third-order valence-electron chi connectivity index (χ3n) is 4.06. The van der Waals surface area contributed by atoms with Gasteiger partial charge in [-0.3, -0.25) is 4.79 Å². The zero-order chi connectivity index (χ0) is 18.6. The van der Waals surface area contributed by atoms with Gasteiger partial charge in [-0.1, -0.05) is 0 Å². The fourth-order valence-electron chi connectivity index (χ4n) is 2.95. The summed E-state index contributed by atoms with van der Waals surface area (Å²) in [4.78, 5) is 12.7. The molecule has 1 aromatic rings. The molecule has 2 heterocycles. The second-order valence-corrected chi connectivity index (χ2v) is 8.43. The standard InChI is InChI=1S/C16H16F3NO4S/c1-15(2)9-12(20-7-3-4-14(20)21)11-8-10(5-6-13(11)24-15)25(22,23)16(17,18)19/h5-6,8-9H,3-4,7H2,1-2H3. The van der Waals surface area contributed by atoms with E-state index in [2.05, 4.69) is 0 Å². The normalized spacial score (nSPS) is 20.1. The lowest BCUT2D eigenvalue weighted by atomic mass is 9.98. The van der Waals surface area contributed by atoms with E-state index >= 15 is 0 Å². The molecule has 136 valence electrons. The summed E-state index contributed by atoms with van der Waals surface area (Å²) in [6, 6.07) is 2.99. The van der Waals surface area contributed by atoms with Crippen LogP contribution in [-0.4, -0.2) is 36.9 Å². The Bertz CT molecular complexity index is 872. The Labute approximate surface area is 143 Å². The van der Waals surface area contributed by atoms with Crippen molar-refractivity contribution in [1.82, 2.24) is 4.90 Å². The van der Waals surface area contributed by atoms with E-state index in [1.54, 1.807) is 19.9 Å². The molecule has 9 heteroatoms. The predicted octanol–water partition coefficient (Wildman–Crippen LogP) is 3.11. The first kappa shape index (κ1) is 17.8. The minimum Gasteiger partial charge on any atom is -0.483 e. The number of fused-ring (bicyclic) bond motifs is 1. The van der Waals surface area contributed by atoms with Crippen LogP contribution >= 0.6 is 0 Å². The Morgan fingerprint density at radius 2 is 1.92 bits per heavy atom. The molecule has 1 aromatic carbocycles. The smallest absolute Gasteiger partial charge is 0.483 e. The first-order chi connectivity index (χ1) is 11.4. The van der Waals surface area contributed by atoms with Crippen molar-refractivity contribution in [2.24, 2.45) is 0 Å². The number of carbonyl (C=O) groups is 1. The Kier molecular flexibility index (Phi) is 3.90. The average Bonchev–Trinajstić information content (AvgIpc) is 2.89. The van der Waals surface area contributed by atoms with Gasteiger partial charge in [-0.25, -0.2) is 8.42 Å². The molecule has 0 atom stereocenters. The van der Waals surface area contributed by atoms with Gasteiger partial charge in [0.1, 0.15) is 11.4 Å². The average molecular weight is 375 g/mol. The summed E-state index contributed by atoms with van der Waals surface area (Å²) in [5, 5.41) is 0. The van der Waals surface area contributed by atoms with Gasteiger partial charge in [0.05, 0.1) is 10.6 Å². The summed E-state index contributed by atoms with van der Waals surface area (Å²) in [5.74, 6) is 0.0855. The third-order valence-corrected chi connectivity index (χ3v) is 5.55. The second kappa shape index (κ2) is 5.48. The molecular weight excluding hydrogens is 359 g/mol. The predicted molar refractivity (Wildman–Crippen MR) is 83.3 cm³/mol. The summed E-state index contributed by atoms with van der Waals surface area (Å²) in [7, 11) is -5.49. The maximum absolute atomic E-state index is 12.8. The van der Waals surface area contributed by atoms with Gasteiger partial charge < -0.3 is 9.64 Å². The van der Waals surface area contributed by atoms with Crippen LogP contribution in [0.2, 0.25) is 0 Å². The number of sulfone groups is 1. The Morgan fingerprint density at radius 1 is 1.24 bits per heavy atom. The quantitative estimate of drug-likeness (QED) is 0.797. The van der Waals surface area contributed by atoms with Crippen LogP contribution in [0.3, 0.4) is 0 Å². The summed E-state index contributed by atoms with van der Waals surface area (Å²) in [5.41, 5.74) is -5.63. The van der Waals surface area contributed by atoms with Crippen LogP contribution in [0, 0.1) is 0 Å². The van der Waals surface area contributed by atoms with Crippen molar-refractivity contribution in [3.05, 3.63) is 29.8 Å².